The van der Waals surface area contributed by atoms with Crippen molar-refractivity contribution in [3.05, 3.63) is 35.9 Å². The molecule has 3 heteroatoms. The molecular formula is C13H14O3. The zero-order valence-electron chi connectivity index (χ0n) is 9.23. The van der Waals surface area contributed by atoms with Gasteiger partial charge in [0.15, 0.2) is 17.3 Å². The summed E-state index contributed by atoms with van der Waals surface area (Å²) in [4.78, 5) is 11.1. The Morgan fingerprint density at radius 2 is 2.19 bits per heavy atom. The molecule has 0 radical (unpaired) electrons. The van der Waals surface area contributed by atoms with E-state index in [4.69, 9.17) is 9.47 Å². The summed E-state index contributed by atoms with van der Waals surface area (Å²) < 4.78 is 10.5. The summed E-state index contributed by atoms with van der Waals surface area (Å²) >= 11 is 0. The number of ketones is 1. The summed E-state index contributed by atoms with van der Waals surface area (Å²) in [6.45, 7) is 2.15. The van der Waals surface area contributed by atoms with Crippen molar-refractivity contribution in [1.82, 2.24) is 0 Å². The zero-order valence-corrected chi connectivity index (χ0v) is 9.23. The topological polar surface area (TPSA) is 35.5 Å². The molecule has 0 bridgehead atoms. The number of fused-ring (bicyclic) bond motifs is 1. The Labute approximate surface area is 94.7 Å². The maximum absolute atomic E-state index is 11.1. The molecule has 1 aliphatic rings. The van der Waals surface area contributed by atoms with Crippen molar-refractivity contribution in [3.8, 4) is 11.5 Å². The van der Waals surface area contributed by atoms with Gasteiger partial charge in [0, 0.05) is 6.42 Å². The SMILES string of the molecule is CCC(=O)/C=C/Cc1ccc2c(c1)OCO2. The second-order valence-corrected chi connectivity index (χ2v) is 3.61. The van der Waals surface area contributed by atoms with Crippen molar-refractivity contribution in [2.24, 2.45) is 0 Å². The molecule has 1 heterocycles. The maximum atomic E-state index is 11.1. The summed E-state index contributed by atoms with van der Waals surface area (Å²) in [6.07, 6.45) is 4.80. The minimum Gasteiger partial charge on any atom is -0.454 e. The van der Waals surface area contributed by atoms with Crippen LogP contribution in [0, 0.1) is 0 Å². The number of allylic oxidation sites excluding steroid dienone is 2. The monoisotopic (exact) mass is 218 g/mol. The van der Waals surface area contributed by atoms with E-state index in [2.05, 4.69) is 0 Å². The lowest BCUT2D eigenvalue weighted by atomic mass is 10.1. The fourth-order valence-electron chi connectivity index (χ4n) is 1.51. The second kappa shape index (κ2) is 4.84. The molecule has 0 saturated heterocycles. The largest absolute Gasteiger partial charge is 0.454 e. The summed E-state index contributed by atoms with van der Waals surface area (Å²) in [5, 5.41) is 0. The van der Waals surface area contributed by atoms with Crippen LogP contribution in [0.4, 0.5) is 0 Å². The van der Waals surface area contributed by atoms with Gasteiger partial charge < -0.3 is 9.47 Å². The molecule has 1 aliphatic heterocycles. The fourth-order valence-corrected chi connectivity index (χ4v) is 1.51. The molecule has 1 aromatic carbocycles. The average molecular weight is 218 g/mol. The molecule has 0 aromatic heterocycles. The number of carbonyl (C=O) groups is 1. The van der Waals surface area contributed by atoms with Crippen LogP contribution in [0.5, 0.6) is 11.5 Å². The van der Waals surface area contributed by atoms with E-state index in [1.54, 1.807) is 6.08 Å². The van der Waals surface area contributed by atoms with Crippen LogP contribution in [-0.2, 0) is 11.2 Å². The van der Waals surface area contributed by atoms with Crippen molar-refractivity contribution >= 4 is 5.78 Å². The summed E-state index contributed by atoms with van der Waals surface area (Å²) in [6, 6.07) is 5.82. The highest BCUT2D eigenvalue weighted by Gasteiger charge is 2.12. The molecule has 0 amide bonds. The van der Waals surface area contributed by atoms with E-state index in [0.29, 0.717) is 13.2 Å². The van der Waals surface area contributed by atoms with Gasteiger partial charge in [-0.25, -0.2) is 0 Å². The lowest BCUT2D eigenvalue weighted by Crippen LogP contribution is -1.92. The van der Waals surface area contributed by atoms with Gasteiger partial charge >= 0.3 is 0 Å². The molecular weight excluding hydrogens is 204 g/mol. The molecule has 16 heavy (non-hydrogen) atoms. The molecule has 0 saturated carbocycles. The first-order valence-corrected chi connectivity index (χ1v) is 5.37. The van der Waals surface area contributed by atoms with Crippen molar-refractivity contribution in [3.63, 3.8) is 0 Å². The van der Waals surface area contributed by atoms with Crippen molar-refractivity contribution in [1.29, 1.82) is 0 Å². The minimum atomic E-state index is 0.153. The van der Waals surface area contributed by atoms with Gasteiger partial charge in [-0.05, 0) is 30.2 Å². The first-order valence-electron chi connectivity index (χ1n) is 5.37. The number of rotatable bonds is 4. The first-order chi connectivity index (χ1) is 7.79. The fraction of sp³-hybridized carbons (Fsp3) is 0.308. The van der Waals surface area contributed by atoms with Crippen LogP contribution >= 0.6 is 0 Å². The highest BCUT2D eigenvalue weighted by atomic mass is 16.7. The Bertz CT molecular complexity index is 421. The average Bonchev–Trinajstić information content (AvgIpc) is 2.76. The van der Waals surface area contributed by atoms with Crippen LogP contribution in [0.3, 0.4) is 0 Å². The predicted octanol–water partition coefficient (Wildman–Crippen LogP) is 2.49. The van der Waals surface area contributed by atoms with Gasteiger partial charge in [-0.1, -0.05) is 19.1 Å². The number of benzene rings is 1. The van der Waals surface area contributed by atoms with Crippen molar-refractivity contribution in [2.45, 2.75) is 19.8 Å². The molecule has 0 atom stereocenters. The number of hydrogen-bond acceptors (Lipinski definition) is 3. The number of carbonyl (C=O) groups excluding carboxylic acids is 1. The Morgan fingerprint density at radius 1 is 1.38 bits per heavy atom. The Hall–Kier alpha value is -1.77. The van der Waals surface area contributed by atoms with E-state index >= 15 is 0 Å². The standard InChI is InChI=1S/C13H14O3/c1-2-11(14)5-3-4-10-6-7-12-13(8-10)16-9-15-12/h3,5-8H,2,4,9H2,1H3/b5-3+. The van der Waals surface area contributed by atoms with E-state index in [9.17, 15) is 4.79 Å². The molecule has 2 rings (SSSR count). The quantitative estimate of drug-likeness (QED) is 0.728. The molecule has 0 spiro atoms. The number of ether oxygens (including phenoxy) is 2. The van der Waals surface area contributed by atoms with Gasteiger partial charge in [-0.3, -0.25) is 4.79 Å². The highest BCUT2D eigenvalue weighted by Crippen LogP contribution is 2.32. The van der Waals surface area contributed by atoms with Crippen LogP contribution < -0.4 is 9.47 Å². The van der Waals surface area contributed by atoms with E-state index < -0.39 is 0 Å². The van der Waals surface area contributed by atoms with Crippen LogP contribution in [0.25, 0.3) is 0 Å². The van der Waals surface area contributed by atoms with E-state index in [1.807, 2.05) is 31.2 Å². The minimum absolute atomic E-state index is 0.153. The third-order valence-corrected chi connectivity index (χ3v) is 2.44. The molecule has 0 unspecified atom stereocenters. The van der Waals surface area contributed by atoms with Gasteiger partial charge in [0.25, 0.3) is 0 Å². The summed E-state index contributed by atoms with van der Waals surface area (Å²) in [5.74, 6) is 1.73. The predicted molar refractivity (Wildman–Crippen MR) is 60.7 cm³/mol. The van der Waals surface area contributed by atoms with Crippen LogP contribution in [0.15, 0.2) is 30.4 Å². The molecule has 0 aliphatic carbocycles. The normalized spacial score (nSPS) is 13.3. The lowest BCUT2D eigenvalue weighted by molar-refractivity contribution is -0.114. The third kappa shape index (κ3) is 2.42. The molecule has 0 N–H and O–H groups in total. The Balaban J connectivity index is 2.00. The van der Waals surface area contributed by atoms with Gasteiger partial charge in [0.1, 0.15) is 0 Å². The van der Waals surface area contributed by atoms with E-state index in [-0.39, 0.29) is 5.78 Å². The van der Waals surface area contributed by atoms with E-state index in [0.717, 1.165) is 23.5 Å². The van der Waals surface area contributed by atoms with Crippen LogP contribution in [-0.4, -0.2) is 12.6 Å². The first kappa shape index (κ1) is 10.7. The lowest BCUT2D eigenvalue weighted by Gasteiger charge is -1.99. The third-order valence-electron chi connectivity index (χ3n) is 2.44. The molecule has 0 fully saturated rings. The van der Waals surface area contributed by atoms with Crippen LogP contribution in [0.1, 0.15) is 18.9 Å². The van der Waals surface area contributed by atoms with E-state index in [1.165, 1.54) is 0 Å². The van der Waals surface area contributed by atoms with Gasteiger partial charge in [0.2, 0.25) is 6.79 Å². The highest BCUT2D eigenvalue weighted by molar-refractivity contribution is 5.89. The van der Waals surface area contributed by atoms with Gasteiger partial charge in [-0.15, -0.1) is 0 Å². The van der Waals surface area contributed by atoms with Gasteiger partial charge in [-0.2, -0.15) is 0 Å². The van der Waals surface area contributed by atoms with Crippen LogP contribution in [0.2, 0.25) is 0 Å². The number of hydrogen-bond donors (Lipinski definition) is 0. The van der Waals surface area contributed by atoms with Crippen molar-refractivity contribution < 1.29 is 14.3 Å². The smallest absolute Gasteiger partial charge is 0.231 e. The maximum Gasteiger partial charge on any atom is 0.231 e. The summed E-state index contributed by atoms with van der Waals surface area (Å²) in [7, 11) is 0. The molecule has 1 aromatic rings. The molecule has 3 nitrogen and oxygen atoms in total. The van der Waals surface area contributed by atoms with Gasteiger partial charge in [0.05, 0.1) is 0 Å². The van der Waals surface area contributed by atoms with Crippen molar-refractivity contribution in [2.75, 3.05) is 6.79 Å². The molecule has 84 valence electrons. The zero-order chi connectivity index (χ0) is 11.4. The second-order valence-electron chi connectivity index (χ2n) is 3.61. The summed E-state index contributed by atoms with van der Waals surface area (Å²) in [5.41, 5.74) is 1.12. The Kier molecular flexibility index (Phi) is 3.25. The Morgan fingerprint density at radius 3 is 3.00 bits per heavy atom.